The molecular formula is C14H18N4O2S. The first-order valence-electron chi connectivity index (χ1n) is 6.87. The Labute approximate surface area is 127 Å². The first-order chi connectivity index (χ1) is 10.2. The summed E-state index contributed by atoms with van der Waals surface area (Å²) in [5, 5.41) is 17.7. The fourth-order valence-corrected chi connectivity index (χ4v) is 2.66. The maximum absolute atomic E-state index is 10.7. The van der Waals surface area contributed by atoms with E-state index in [9.17, 15) is 4.79 Å². The lowest BCUT2D eigenvalue weighted by atomic mass is 10.2. The molecule has 0 amide bonds. The van der Waals surface area contributed by atoms with Crippen LogP contribution in [0.4, 0.5) is 0 Å². The number of rotatable bonds is 8. The van der Waals surface area contributed by atoms with Gasteiger partial charge in [-0.05, 0) is 18.6 Å². The van der Waals surface area contributed by atoms with Crippen molar-refractivity contribution in [1.82, 2.24) is 19.7 Å². The summed E-state index contributed by atoms with van der Waals surface area (Å²) >= 11 is 1.21. The van der Waals surface area contributed by atoms with Crippen molar-refractivity contribution in [2.75, 3.05) is 5.75 Å². The predicted octanol–water partition coefficient (Wildman–Crippen LogP) is 2.04. The molecule has 6 nitrogen and oxygen atoms in total. The van der Waals surface area contributed by atoms with Crippen LogP contribution in [0.25, 0.3) is 0 Å². The minimum atomic E-state index is -0.851. The third-order valence-corrected chi connectivity index (χ3v) is 3.86. The van der Waals surface area contributed by atoms with Crippen molar-refractivity contribution in [1.29, 1.82) is 0 Å². The molecule has 0 atom stereocenters. The molecule has 2 aromatic heterocycles. The molecule has 0 aliphatic rings. The normalized spacial score (nSPS) is 10.7. The summed E-state index contributed by atoms with van der Waals surface area (Å²) in [6, 6.07) is 5.83. The van der Waals surface area contributed by atoms with Crippen LogP contribution in [0.5, 0.6) is 0 Å². The number of aliphatic carboxylic acids is 1. The molecule has 2 rings (SSSR count). The summed E-state index contributed by atoms with van der Waals surface area (Å²) in [6.07, 6.45) is 4.36. The first-order valence-corrected chi connectivity index (χ1v) is 7.86. The van der Waals surface area contributed by atoms with Gasteiger partial charge in [0.25, 0.3) is 0 Å². The molecule has 0 radical (unpaired) electrons. The van der Waals surface area contributed by atoms with E-state index < -0.39 is 5.97 Å². The average Bonchev–Trinajstić information content (AvgIpc) is 2.86. The lowest BCUT2D eigenvalue weighted by Gasteiger charge is -2.09. The SMILES string of the molecule is CCCc1nnc(SCC(=O)O)n1CCc1ccccn1. The van der Waals surface area contributed by atoms with Gasteiger partial charge in [0.05, 0.1) is 5.75 Å². The van der Waals surface area contributed by atoms with Crippen LogP contribution < -0.4 is 0 Å². The lowest BCUT2D eigenvalue weighted by molar-refractivity contribution is -0.133. The number of aromatic nitrogens is 4. The Morgan fingerprint density at radius 2 is 2.19 bits per heavy atom. The van der Waals surface area contributed by atoms with Gasteiger partial charge in [0.15, 0.2) is 5.16 Å². The summed E-state index contributed by atoms with van der Waals surface area (Å²) in [5.41, 5.74) is 1.00. The van der Waals surface area contributed by atoms with Crippen LogP contribution in [0.2, 0.25) is 0 Å². The molecule has 0 spiro atoms. The van der Waals surface area contributed by atoms with Crippen LogP contribution in [-0.2, 0) is 24.2 Å². The maximum Gasteiger partial charge on any atom is 0.313 e. The number of aryl methyl sites for hydroxylation is 2. The Kier molecular flexibility index (Phi) is 5.74. The van der Waals surface area contributed by atoms with Crippen molar-refractivity contribution >= 4 is 17.7 Å². The van der Waals surface area contributed by atoms with Gasteiger partial charge < -0.3 is 9.67 Å². The van der Waals surface area contributed by atoms with E-state index in [1.165, 1.54) is 11.8 Å². The van der Waals surface area contributed by atoms with E-state index in [0.29, 0.717) is 11.7 Å². The average molecular weight is 306 g/mol. The van der Waals surface area contributed by atoms with E-state index in [2.05, 4.69) is 22.1 Å². The van der Waals surface area contributed by atoms with E-state index in [4.69, 9.17) is 5.11 Å². The zero-order valence-electron chi connectivity index (χ0n) is 11.9. The van der Waals surface area contributed by atoms with E-state index in [1.807, 2.05) is 22.8 Å². The molecule has 0 saturated carbocycles. The van der Waals surface area contributed by atoms with Crippen molar-refractivity contribution in [3.63, 3.8) is 0 Å². The van der Waals surface area contributed by atoms with Gasteiger partial charge in [0.2, 0.25) is 0 Å². The largest absolute Gasteiger partial charge is 0.481 e. The van der Waals surface area contributed by atoms with Crippen LogP contribution in [0, 0.1) is 0 Å². The van der Waals surface area contributed by atoms with Crippen molar-refractivity contribution in [2.45, 2.75) is 37.9 Å². The molecule has 0 bridgehead atoms. The molecule has 0 unspecified atom stereocenters. The van der Waals surface area contributed by atoms with Crippen LogP contribution in [0.1, 0.15) is 24.9 Å². The Hall–Kier alpha value is -1.89. The third kappa shape index (κ3) is 4.56. The van der Waals surface area contributed by atoms with Gasteiger partial charge >= 0.3 is 5.97 Å². The molecule has 112 valence electrons. The van der Waals surface area contributed by atoms with Gasteiger partial charge in [-0.15, -0.1) is 10.2 Å². The minimum Gasteiger partial charge on any atom is -0.481 e. The number of carboxylic acids is 1. The summed E-state index contributed by atoms with van der Waals surface area (Å²) in [7, 11) is 0. The van der Waals surface area contributed by atoms with Gasteiger partial charge in [0.1, 0.15) is 5.82 Å². The van der Waals surface area contributed by atoms with Crippen molar-refractivity contribution in [3.05, 3.63) is 35.9 Å². The topological polar surface area (TPSA) is 80.9 Å². The second-order valence-corrected chi connectivity index (χ2v) is 5.50. The molecule has 0 aliphatic heterocycles. The zero-order chi connectivity index (χ0) is 15.1. The quantitative estimate of drug-likeness (QED) is 0.752. The standard InChI is InChI=1S/C14H18N4O2S/c1-2-5-12-16-17-14(21-10-13(19)20)18(12)9-7-11-6-3-4-8-15-11/h3-4,6,8H,2,5,7,9-10H2,1H3,(H,19,20). The zero-order valence-corrected chi connectivity index (χ0v) is 12.7. The van der Waals surface area contributed by atoms with Gasteiger partial charge in [-0.3, -0.25) is 9.78 Å². The molecule has 21 heavy (non-hydrogen) atoms. The molecule has 0 fully saturated rings. The number of carbonyl (C=O) groups is 1. The van der Waals surface area contributed by atoms with Crippen molar-refractivity contribution < 1.29 is 9.90 Å². The summed E-state index contributed by atoms with van der Waals surface area (Å²) in [5.74, 6) is 0.0473. The second-order valence-electron chi connectivity index (χ2n) is 4.55. The molecule has 1 N–H and O–H groups in total. The molecule has 2 aromatic rings. The highest BCUT2D eigenvalue weighted by Crippen LogP contribution is 2.18. The van der Waals surface area contributed by atoms with Crippen LogP contribution in [-0.4, -0.2) is 36.6 Å². The number of carboxylic acid groups (broad SMARTS) is 1. The monoisotopic (exact) mass is 306 g/mol. The number of hydrogen-bond acceptors (Lipinski definition) is 5. The Balaban J connectivity index is 2.10. The lowest BCUT2D eigenvalue weighted by Crippen LogP contribution is -2.09. The Morgan fingerprint density at radius 3 is 2.86 bits per heavy atom. The molecular weight excluding hydrogens is 288 g/mol. The van der Waals surface area contributed by atoms with Crippen LogP contribution in [0.3, 0.4) is 0 Å². The number of nitrogens with zero attached hydrogens (tertiary/aromatic N) is 4. The van der Waals surface area contributed by atoms with E-state index in [0.717, 1.165) is 30.8 Å². The molecule has 0 aliphatic carbocycles. The first kappa shape index (κ1) is 15.5. The van der Waals surface area contributed by atoms with Gasteiger partial charge in [0, 0.05) is 31.3 Å². The predicted molar refractivity (Wildman–Crippen MR) is 80.3 cm³/mol. The van der Waals surface area contributed by atoms with E-state index in [1.54, 1.807) is 6.20 Å². The summed E-state index contributed by atoms with van der Waals surface area (Å²) in [6.45, 7) is 2.79. The highest BCUT2D eigenvalue weighted by molar-refractivity contribution is 7.99. The number of hydrogen-bond donors (Lipinski definition) is 1. The second kappa shape index (κ2) is 7.78. The molecule has 0 aromatic carbocycles. The fourth-order valence-electron chi connectivity index (χ4n) is 1.96. The molecule has 7 heteroatoms. The van der Waals surface area contributed by atoms with Crippen LogP contribution in [0.15, 0.2) is 29.6 Å². The third-order valence-electron chi connectivity index (χ3n) is 2.91. The van der Waals surface area contributed by atoms with Gasteiger partial charge in [-0.25, -0.2) is 0 Å². The highest BCUT2D eigenvalue weighted by atomic mass is 32.2. The summed E-state index contributed by atoms with van der Waals surface area (Å²) < 4.78 is 2.01. The van der Waals surface area contributed by atoms with Crippen molar-refractivity contribution in [3.8, 4) is 0 Å². The van der Waals surface area contributed by atoms with Gasteiger partial charge in [-0.2, -0.15) is 0 Å². The summed E-state index contributed by atoms with van der Waals surface area (Å²) in [4.78, 5) is 15.0. The maximum atomic E-state index is 10.7. The Bertz CT molecular complexity index is 586. The van der Waals surface area contributed by atoms with E-state index in [-0.39, 0.29) is 5.75 Å². The smallest absolute Gasteiger partial charge is 0.313 e. The van der Waals surface area contributed by atoms with E-state index >= 15 is 0 Å². The Morgan fingerprint density at radius 1 is 1.33 bits per heavy atom. The van der Waals surface area contributed by atoms with Crippen LogP contribution >= 0.6 is 11.8 Å². The number of pyridine rings is 1. The highest BCUT2D eigenvalue weighted by Gasteiger charge is 2.13. The number of thioether (sulfide) groups is 1. The fraction of sp³-hybridized carbons (Fsp3) is 0.429. The van der Waals surface area contributed by atoms with Gasteiger partial charge in [-0.1, -0.05) is 24.8 Å². The molecule has 2 heterocycles. The minimum absolute atomic E-state index is 0.00611. The molecule has 0 saturated heterocycles. The van der Waals surface area contributed by atoms with Crippen molar-refractivity contribution in [2.24, 2.45) is 0 Å².